The molecule has 0 spiro atoms. The van der Waals surface area contributed by atoms with E-state index in [0.29, 0.717) is 17.9 Å². The minimum Gasteiger partial charge on any atom is -0.378 e. The molecule has 2 heterocycles. The lowest BCUT2D eigenvalue weighted by Gasteiger charge is -2.37. The number of aliphatic imine (C=N–C) groups is 1. The standard InChI is InChI=1S/C19H30N4O/c1-15(2)18(13-21-19(20)22-9-11-24-12-10-22)23-8-7-16-5-3-4-6-17(16)14-23/h3-6,15,18H,7-14H2,1-2H3,(H2,20,21). The van der Waals surface area contributed by atoms with Crippen LogP contribution in [0.1, 0.15) is 25.0 Å². The van der Waals surface area contributed by atoms with Gasteiger partial charge in [-0.15, -0.1) is 0 Å². The van der Waals surface area contributed by atoms with Crippen LogP contribution >= 0.6 is 0 Å². The maximum Gasteiger partial charge on any atom is 0.191 e. The fourth-order valence-corrected chi connectivity index (χ4v) is 3.63. The molecular formula is C19H30N4O. The lowest BCUT2D eigenvalue weighted by Crippen LogP contribution is -2.47. The van der Waals surface area contributed by atoms with Gasteiger partial charge in [-0.2, -0.15) is 0 Å². The number of rotatable bonds is 4. The summed E-state index contributed by atoms with van der Waals surface area (Å²) in [6.45, 7) is 10.6. The molecule has 0 bridgehead atoms. The Bertz CT molecular complexity index is 566. The molecule has 1 atom stereocenters. The molecule has 3 rings (SSSR count). The Labute approximate surface area is 145 Å². The number of guanidine groups is 1. The van der Waals surface area contributed by atoms with E-state index in [0.717, 1.165) is 52.4 Å². The van der Waals surface area contributed by atoms with Gasteiger partial charge in [0.25, 0.3) is 0 Å². The van der Waals surface area contributed by atoms with E-state index >= 15 is 0 Å². The number of fused-ring (bicyclic) bond motifs is 1. The molecule has 5 heteroatoms. The Hall–Kier alpha value is -1.59. The van der Waals surface area contributed by atoms with Crippen LogP contribution in [0.25, 0.3) is 0 Å². The first kappa shape index (κ1) is 17.2. The molecule has 1 unspecified atom stereocenters. The van der Waals surface area contributed by atoms with Crippen LogP contribution in [0.15, 0.2) is 29.3 Å². The first-order valence-corrected chi connectivity index (χ1v) is 9.08. The smallest absolute Gasteiger partial charge is 0.191 e. The van der Waals surface area contributed by atoms with Gasteiger partial charge in [0.15, 0.2) is 5.96 Å². The van der Waals surface area contributed by atoms with Crippen molar-refractivity contribution in [3.8, 4) is 0 Å². The highest BCUT2D eigenvalue weighted by Crippen LogP contribution is 2.23. The normalized spacial score (nSPS) is 21.0. The van der Waals surface area contributed by atoms with Crippen LogP contribution in [0, 0.1) is 5.92 Å². The second-order valence-electron chi connectivity index (χ2n) is 7.10. The average molecular weight is 330 g/mol. The summed E-state index contributed by atoms with van der Waals surface area (Å²) in [6.07, 6.45) is 1.13. The number of hydrogen-bond donors (Lipinski definition) is 1. The van der Waals surface area contributed by atoms with Crippen molar-refractivity contribution in [1.29, 1.82) is 0 Å². The largest absolute Gasteiger partial charge is 0.378 e. The van der Waals surface area contributed by atoms with Crippen molar-refractivity contribution in [2.75, 3.05) is 39.4 Å². The van der Waals surface area contributed by atoms with Crippen LogP contribution < -0.4 is 5.73 Å². The molecule has 0 aliphatic carbocycles. The van der Waals surface area contributed by atoms with Crippen molar-refractivity contribution >= 4 is 5.96 Å². The summed E-state index contributed by atoms with van der Waals surface area (Å²) in [5.74, 6) is 1.22. The van der Waals surface area contributed by atoms with Crippen LogP contribution in [-0.2, 0) is 17.7 Å². The van der Waals surface area contributed by atoms with Gasteiger partial charge in [0.05, 0.1) is 19.8 Å². The summed E-state index contributed by atoms with van der Waals surface area (Å²) in [4.78, 5) is 9.43. The second-order valence-corrected chi connectivity index (χ2v) is 7.10. The molecule has 1 saturated heterocycles. The lowest BCUT2D eigenvalue weighted by molar-refractivity contribution is 0.0672. The van der Waals surface area contributed by atoms with Crippen LogP contribution in [0.2, 0.25) is 0 Å². The average Bonchev–Trinajstić information content (AvgIpc) is 2.62. The molecule has 24 heavy (non-hydrogen) atoms. The minimum atomic E-state index is 0.429. The summed E-state index contributed by atoms with van der Waals surface area (Å²) >= 11 is 0. The van der Waals surface area contributed by atoms with Crippen LogP contribution in [0.4, 0.5) is 0 Å². The molecule has 1 fully saturated rings. The van der Waals surface area contributed by atoms with E-state index in [1.807, 2.05) is 0 Å². The molecule has 0 aromatic heterocycles. The predicted molar refractivity (Wildman–Crippen MR) is 98.1 cm³/mol. The third-order valence-electron chi connectivity index (χ3n) is 5.17. The fraction of sp³-hybridized carbons (Fsp3) is 0.632. The summed E-state index contributed by atoms with van der Waals surface area (Å²) in [7, 11) is 0. The van der Waals surface area contributed by atoms with Gasteiger partial charge in [0.2, 0.25) is 0 Å². The molecule has 2 N–H and O–H groups in total. The maximum atomic E-state index is 6.20. The Kier molecular flexibility index (Phi) is 5.74. The summed E-state index contributed by atoms with van der Waals surface area (Å²) in [5, 5.41) is 0. The van der Waals surface area contributed by atoms with Gasteiger partial charge in [-0.3, -0.25) is 9.89 Å². The number of ether oxygens (including phenoxy) is 1. The van der Waals surface area contributed by atoms with Crippen molar-refractivity contribution in [3.63, 3.8) is 0 Å². The first-order valence-electron chi connectivity index (χ1n) is 9.08. The molecule has 132 valence electrons. The molecule has 5 nitrogen and oxygen atoms in total. The zero-order chi connectivity index (χ0) is 16.9. The lowest BCUT2D eigenvalue weighted by atomic mass is 9.95. The van der Waals surface area contributed by atoms with Crippen LogP contribution in [-0.4, -0.2) is 61.2 Å². The van der Waals surface area contributed by atoms with Crippen molar-refractivity contribution in [2.24, 2.45) is 16.6 Å². The quantitative estimate of drug-likeness (QED) is 0.675. The highest BCUT2D eigenvalue weighted by molar-refractivity contribution is 5.78. The Morgan fingerprint density at radius 3 is 2.58 bits per heavy atom. The van der Waals surface area contributed by atoms with Gasteiger partial charge in [-0.05, 0) is 23.5 Å². The molecule has 0 amide bonds. The topological polar surface area (TPSA) is 54.1 Å². The van der Waals surface area contributed by atoms with Crippen LogP contribution in [0.3, 0.4) is 0 Å². The van der Waals surface area contributed by atoms with Crippen molar-refractivity contribution in [2.45, 2.75) is 32.9 Å². The van der Waals surface area contributed by atoms with E-state index in [9.17, 15) is 0 Å². The zero-order valence-corrected chi connectivity index (χ0v) is 14.9. The minimum absolute atomic E-state index is 0.429. The fourth-order valence-electron chi connectivity index (χ4n) is 3.63. The maximum absolute atomic E-state index is 6.20. The first-order chi connectivity index (χ1) is 11.6. The second kappa shape index (κ2) is 7.99. The van der Waals surface area contributed by atoms with E-state index in [1.54, 1.807) is 0 Å². The molecule has 0 radical (unpaired) electrons. The van der Waals surface area contributed by atoms with Gasteiger partial charge in [-0.25, -0.2) is 0 Å². The number of benzene rings is 1. The van der Waals surface area contributed by atoms with Crippen molar-refractivity contribution in [3.05, 3.63) is 35.4 Å². The Morgan fingerprint density at radius 2 is 1.88 bits per heavy atom. The highest BCUT2D eigenvalue weighted by atomic mass is 16.5. The molecule has 0 saturated carbocycles. The van der Waals surface area contributed by atoms with Crippen molar-refractivity contribution in [1.82, 2.24) is 9.80 Å². The number of hydrogen-bond acceptors (Lipinski definition) is 3. The van der Waals surface area contributed by atoms with Gasteiger partial charge in [0.1, 0.15) is 0 Å². The third kappa shape index (κ3) is 4.08. The zero-order valence-electron chi connectivity index (χ0n) is 14.9. The van der Waals surface area contributed by atoms with Gasteiger partial charge >= 0.3 is 0 Å². The van der Waals surface area contributed by atoms with E-state index < -0.39 is 0 Å². The number of nitrogens with two attached hydrogens (primary N) is 1. The molecule has 1 aromatic carbocycles. The molecule has 1 aromatic rings. The van der Waals surface area contributed by atoms with Crippen LogP contribution in [0.5, 0.6) is 0 Å². The van der Waals surface area contributed by atoms with E-state index in [1.165, 1.54) is 11.1 Å². The summed E-state index contributed by atoms with van der Waals surface area (Å²) in [6, 6.07) is 9.22. The number of morpholine rings is 1. The summed E-state index contributed by atoms with van der Waals surface area (Å²) < 4.78 is 5.38. The third-order valence-corrected chi connectivity index (χ3v) is 5.17. The molecule has 2 aliphatic heterocycles. The summed E-state index contributed by atoms with van der Waals surface area (Å²) in [5.41, 5.74) is 9.16. The van der Waals surface area contributed by atoms with E-state index in [4.69, 9.17) is 15.5 Å². The highest BCUT2D eigenvalue weighted by Gasteiger charge is 2.25. The van der Waals surface area contributed by atoms with Gasteiger partial charge < -0.3 is 15.4 Å². The van der Waals surface area contributed by atoms with E-state index in [-0.39, 0.29) is 0 Å². The number of nitrogens with zero attached hydrogens (tertiary/aromatic N) is 3. The van der Waals surface area contributed by atoms with Gasteiger partial charge in [0, 0.05) is 32.2 Å². The predicted octanol–water partition coefficient (Wildman–Crippen LogP) is 1.72. The Morgan fingerprint density at radius 1 is 1.17 bits per heavy atom. The molecular weight excluding hydrogens is 300 g/mol. The SMILES string of the molecule is CC(C)C(CN=C(N)N1CCOCC1)N1CCc2ccccc2C1. The van der Waals surface area contributed by atoms with Gasteiger partial charge in [-0.1, -0.05) is 38.1 Å². The van der Waals surface area contributed by atoms with E-state index in [2.05, 4.69) is 47.9 Å². The Balaban J connectivity index is 1.65. The molecule has 2 aliphatic rings. The monoisotopic (exact) mass is 330 g/mol. The van der Waals surface area contributed by atoms with Crippen molar-refractivity contribution < 1.29 is 4.74 Å².